The second-order valence-electron chi connectivity index (χ2n) is 4.49. The number of Topliss-reactive ketones (excluding diaryl/α,β-unsaturated/α-hetero) is 1. The van der Waals surface area contributed by atoms with Crippen LogP contribution in [-0.4, -0.2) is 11.7 Å². The Kier molecular flexibility index (Phi) is 6.12. The van der Waals surface area contributed by atoms with Crippen molar-refractivity contribution in [1.29, 1.82) is 0 Å². The number of carbonyl (C=O) groups excluding carboxylic acids is 2. The molecular formula is C15H21NO2. The van der Waals surface area contributed by atoms with Crippen molar-refractivity contribution in [2.75, 3.05) is 5.32 Å². The van der Waals surface area contributed by atoms with E-state index >= 15 is 0 Å². The van der Waals surface area contributed by atoms with E-state index in [9.17, 15) is 9.59 Å². The van der Waals surface area contributed by atoms with Crippen molar-refractivity contribution in [2.45, 2.75) is 46.0 Å². The van der Waals surface area contributed by atoms with Crippen LogP contribution in [0.4, 0.5) is 5.69 Å². The molecule has 1 aromatic rings. The van der Waals surface area contributed by atoms with Crippen LogP contribution in [0.25, 0.3) is 0 Å². The zero-order valence-electron chi connectivity index (χ0n) is 11.2. The van der Waals surface area contributed by atoms with Gasteiger partial charge in [-0.15, -0.1) is 0 Å². The molecule has 0 saturated heterocycles. The minimum Gasteiger partial charge on any atom is -0.326 e. The Morgan fingerprint density at radius 3 is 2.28 bits per heavy atom. The van der Waals surface area contributed by atoms with Crippen molar-refractivity contribution in [3.8, 4) is 0 Å². The van der Waals surface area contributed by atoms with Gasteiger partial charge in [-0.1, -0.05) is 26.2 Å². The molecule has 1 rings (SSSR count). The van der Waals surface area contributed by atoms with Gasteiger partial charge in [-0.25, -0.2) is 0 Å². The van der Waals surface area contributed by atoms with E-state index in [0.717, 1.165) is 18.5 Å². The van der Waals surface area contributed by atoms with E-state index in [0.29, 0.717) is 12.0 Å². The van der Waals surface area contributed by atoms with Gasteiger partial charge in [0, 0.05) is 17.7 Å². The number of rotatable bonds is 7. The third-order valence-corrected chi connectivity index (χ3v) is 2.83. The second kappa shape index (κ2) is 7.64. The molecule has 1 aromatic carbocycles. The lowest BCUT2D eigenvalue weighted by Gasteiger charge is -2.05. The molecule has 0 unspecified atom stereocenters. The summed E-state index contributed by atoms with van der Waals surface area (Å²) >= 11 is 0. The van der Waals surface area contributed by atoms with Crippen LogP contribution in [0.3, 0.4) is 0 Å². The highest BCUT2D eigenvalue weighted by Crippen LogP contribution is 2.11. The van der Waals surface area contributed by atoms with Gasteiger partial charge < -0.3 is 5.32 Å². The Bertz CT molecular complexity index is 395. The number of ketones is 1. The van der Waals surface area contributed by atoms with Crippen LogP contribution < -0.4 is 5.32 Å². The topological polar surface area (TPSA) is 46.2 Å². The lowest BCUT2D eigenvalue weighted by Crippen LogP contribution is -2.11. The fourth-order valence-electron chi connectivity index (χ4n) is 1.72. The van der Waals surface area contributed by atoms with Crippen LogP contribution in [-0.2, 0) is 4.79 Å². The number of hydrogen-bond acceptors (Lipinski definition) is 2. The molecule has 0 atom stereocenters. The monoisotopic (exact) mass is 247 g/mol. The first-order valence-electron chi connectivity index (χ1n) is 6.54. The molecule has 0 heterocycles. The van der Waals surface area contributed by atoms with Gasteiger partial charge in [0.1, 0.15) is 0 Å². The molecule has 98 valence electrons. The van der Waals surface area contributed by atoms with Crippen molar-refractivity contribution < 1.29 is 9.59 Å². The minimum atomic E-state index is 0.0347. The summed E-state index contributed by atoms with van der Waals surface area (Å²) in [4.78, 5) is 22.7. The average Bonchev–Trinajstić information content (AvgIpc) is 2.35. The highest BCUT2D eigenvalue weighted by molar-refractivity contribution is 5.95. The molecule has 0 aliphatic rings. The number of benzene rings is 1. The molecule has 0 spiro atoms. The van der Waals surface area contributed by atoms with Gasteiger partial charge in [0.15, 0.2) is 5.78 Å². The van der Waals surface area contributed by atoms with E-state index in [-0.39, 0.29) is 11.7 Å². The summed E-state index contributed by atoms with van der Waals surface area (Å²) in [5.74, 6) is 0.0779. The Morgan fingerprint density at radius 2 is 1.72 bits per heavy atom. The molecule has 18 heavy (non-hydrogen) atoms. The van der Waals surface area contributed by atoms with Gasteiger partial charge in [0.25, 0.3) is 0 Å². The maximum Gasteiger partial charge on any atom is 0.224 e. The zero-order valence-corrected chi connectivity index (χ0v) is 11.2. The van der Waals surface area contributed by atoms with E-state index in [1.54, 1.807) is 24.3 Å². The predicted molar refractivity (Wildman–Crippen MR) is 73.8 cm³/mol. The number of amides is 1. The fourth-order valence-corrected chi connectivity index (χ4v) is 1.72. The van der Waals surface area contributed by atoms with Crippen molar-refractivity contribution in [3.05, 3.63) is 29.8 Å². The smallest absolute Gasteiger partial charge is 0.224 e. The highest BCUT2D eigenvalue weighted by atomic mass is 16.1. The van der Waals surface area contributed by atoms with Crippen LogP contribution in [0.2, 0.25) is 0 Å². The number of unbranched alkanes of at least 4 members (excludes halogenated alkanes) is 3. The van der Waals surface area contributed by atoms with Crippen molar-refractivity contribution in [3.63, 3.8) is 0 Å². The first kappa shape index (κ1) is 14.4. The average molecular weight is 247 g/mol. The van der Waals surface area contributed by atoms with E-state index in [2.05, 4.69) is 12.2 Å². The fraction of sp³-hybridized carbons (Fsp3) is 0.467. The normalized spacial score (nSPS) is 10.1. The zero-order chi connectivity index (χ0) is 13.4. The van der Waals surface area contributed by atoms with Crippen LogP contribution in [0.1, 0.15) is 56.3 Å². The van der Waals surface area contributed by atoms with Crippen LogP contribution in [0.15, 0.2) is 24.3 Å². The Balaban J connectivity index is 2.37. The van der Waals surface area contributed by atoms with Crippen LogP contribution in [0, 0.1) is 0 Å². The molecule has 3 nitrogen and oxygen atoms in total. The quantitative estimate of drug-likeness (QED) is 0.588. The van der Waals surface area contributed by atoms with E-state index < -0.39 is 0 Å². The lowest BCUT2D eigenvalue weighted by atomic mass is 10.1. The molecule has 0 aliphatic carbocycles. The van der Waals surface area contributed by atoms with E-state index in [4.69, 9.17) is 0 Å². The predicted octanol–water partition coefficient (Wildman–Crippen LogP) is 3.80. The third kappa shape index (κ3) is 5.13. The third-order valence-electron chi connectivity index (χ3n) is 2.83. The molecule has 3 heteroatoms. The summed E-state index contributed by atoms with van der Waals surface area (Å²) in [6, 6.07) is 6.99. The number of nitrogens with one attached hydrogen (secondary N) is 1. The summed E-state index contributed by atoms with van der Waals surface area (Å²) in [5.41, 5.74) is 1.41. The van der Waals surface area contributed by atoms with E-state index in [1.165, 1.54) is 19.8 Å². The van der Waals surface area contributed by atoms with Gasteiger partial charge in [-0.3, -0.25) is 9.59 Å². The second-order valence-corrected chi connectivity index (χ2v) is 4.49. The van der Waals surface area contributed by atoms with Gasteiger partial charge >= 0.3 is 0 Å². The molecule has 0 aliphatic heterocycles. The van der Waals surface area contributed by atoms with Crippen molar-refractivity contribution in [2.24, 2.45) is 0 Å². The highest BCUT2D eigenvalue weighted by Gasteiger charge is 2.03. The maximum atomic E-state index is 11.6. The number of anilines is 1. The lowest BCUT2D eigenvalue weighted by molar-refractivity contribution is -0.116. The van der Waals surface area contributed by atoms with Crippen LogP contribution in [0.5, 0.6) is 0 Å². The first-order chi connectivity index (χ1) is 8.63. The largest absolute Gasteiger partial charge is 0.326 e. The van der Waals surface area contributed by atoms with Crippen LogP contribution >= 0.6 is 0 Å². The summed E-state index contributed by atoms with van der Waals surface area (Å²) < 4.78 is 0. The molecule has 0 radical (unpaired) electrons. The Morgan fingerprint density at radius 1 is 1.06 bits per heavy atom. The number of carbonyl (C=O) groups is 2. The summed E-state index contributed by atoms with van der Waals surface area (Å²) in [5, 5.41) is 2.83. The number of hydrogen-bond donors (Lipinski definition) is 1. The molecule has 1 N–H and O–H groups in total. The maximum absolute atomic E-state index is 11.6. The molecular weight excluding hydrogens is 226 g/mol. The summed E-state index contributed by atoms with van der Waals surface area (Å²) in [6.45, 7) is 3.68. The van der Waals surface area contributed by atoms with Crippen molar-refractivity contribution in [1.82, 2.24) is 0 Å². The van der Waals surface area contributed by atoms with Gasteiger partial charge in [-0.05, 0) is 37.6 Å². The Labute approximate surface area is 109 Å². The molecule has 0 bridgehead atoms. The standard InChI is InChI=1S/C15H21NO2/c1-3-4-5-6-7-15(18)16-14-10-8-13(9-11-14)12(2)17/h8-11H,3-7H2,1-2H3,(H,16,18). The van der Waals surface area contributed by atoms with Gasteiger partial charge in [0.05, 0.1) is 0 Å². The van der Waals surface area contributed by atoms with Gasteiger partial charge in [0.2, 0.25) is 5.91 Å². The van der Waals surface area contributed by atoms with Crippen molar-refractivity contribution >= 4 is 17.4 Å². The Hall–Kier alpha value is -1.64. The SMILES string of the molecule is CCCCCCC(=O)Nc1ccc(C(C)=O)cc1. The molecule has 0 fully saturated rings. The first-order valence-corrected chi connectivity index (χ1v) is 6.54. The van der Waals surface area contributed by atoms with E-state index in [1.807, 2.05) is 0 Å². The minimum absolute atomic E-state index is 0.0347. The summed E-state index contributed by atoms with van der Waals surface area (Å²) in [7, 11) is 0. The molecule has 0 saturated carbocycles. The summed E-state index contributed by atoms with van der Waals surface area (Å²) in [6.07, 6.45) is 4.96. The molecule has 0 aromatic heterocycles. The molecule has 1 amide bonds. The van der Waals surface area contributed by atoms with Gasteiger partial charge in [-0.2, -0.15) is 0 Å².